The molecule has 0 amide bonds. The van der Waals surface area contributed by atoms with E-state index in [1.54, 1.807) is 39.5 Å². The Hall–Kier alpha value is -4.14. The molecular weight excluding hydrogens is 420 g/mol. The minimum Gasteiger partial charge on any atom is -0.497 e. The Morgan fingerprint density at radius 3 is 2.24 bits per heavy atom. The number of aryl methyl sites for hydroxylation is 2. The average Bonchev–Trinajstić information content (AvgIpc) is 3.48. The molecule has 5 aromatic rings. The molecule has 1 aromatic carbocycles. The summed E-state index contributed by atoms with van der Waals surface area (Å²) < 4.78 is 10.3. The molecule has 4 heterocycles. The first-order valence-corrected chi connectivity index (χ1v) is 10.8. The van der Waals surface area contributed by atoms with Crippen LogP contribution in [0.4, 0.5) is 0 Å². The maximum absolute atomic E-state index is 12.2. The number of nitrogens with one attached hydrogen (secondary N) is 1. The van der Waals surface area contributed by atoms with E-state index < -0.39 is 0 Å². The molecule has 0 saturated heterocycles. The molecule has 0 bridgehead atoms. The molecule has 9 heteroatoms. The first-order valence-electron chi connectivity index (χ1n) is 10.8. The van der Waals surface area contributed by atoms with Crippen molar-refractivity contribution in [2.75, 3.05) is 7.11 Å². The second kappa shape index (κ2) is 9.56. The first kappa shape index (κ1) is 22.1. The number of H-pyrrole nitrogens is 1. The van der Waals surface area contributed by atoms with Crippen LogP contribution >= 0.6 is 0 Å². The van der Waals surface area contributed by atoms with Crippen molar-refractivity contribution < 1.29 is 4.74 Å². The van der Waals surface area contributed by atoms with Crippen molar-refractivity contribution >= 4 is 21.8 Å². The molecule has 5 rings (SSSR count). The number of nitrogens with zero attached hydrogens (tertiary/aromatic N) is 5. The third kappa shape index (κ3) is 4.57. The molecule has 0 unspecified atom stereocenters. The summed E-state index contributed by atoms with van der Waals surface area (Å²) in [5.41, 5.74) is 2.67. The second-order valence-electron chi connectivity index (χ2n) is 7.48. The summed E-state index contributed by atoms with van der Waals surface area (Å²) in [7, 11) is 1.65. The van der Waals surface area contributed by atoms with Crippen LogP contribution in [0, 0.1) is 0 Å². The van der Waals surface area contributed by atoms with Gasteiger partial charge in [0.2, 0.25) is 0 Å². The van der Waals surface area contributed by atoms with E-state index in [0.29, 0.717) is 30.4 Å². The summed E-state index contributed by atoms with van der Waals surface area (Å²) in [5, 5.41) is 12.3. The number of aromatic amines is 1. The molecule has 33 heavy (non-hydrogen) atoms. The van der Waals surface area contributed by atoms with Crippen LogP contribution in [0.25, 0.3) is 21.8 Å². The molecule has 0 radical (unpaired) electrons. The Balaban J connectivity index is 0.000000183. The van der Waals surface area contributed by atoms with E-state index in [2.05, 4.69) is 15.3 Å². The standard InChI is InChI=1S/C16H17N3O2.C8H9N3O/c1-3-18-9-8-15-14(16(18)20)11-19(17-15)10-12-4-6-13(21-2)7-5-12;1-2-11-4-3-7-6(8(11)12)5-9-10-7/h4-9,11H,3,10H2,1-2H3;3-5H,2H2,1H3,(H,9,10). The zero-order valence-corrected chi connectivity index (χ0v) is 18.9. The quantitative estimate of drug-likeness (QED) is 0.447. The number of fused-ring (bicyclic) bond motifs is 2. The first-order chi connectivity index (χ1) is 16.0. The number of ether oxygens (including phenoxy) is 1. The van der Waals surface area contributed by atoms with Crippen molar-refractivity contribution in [3.63, 3.8) is 0 Å². The lowest BCUT2D eigenvalue weighted by atomic mass is 10.2. The highest BCUT2D eigenvalue weighted by molar-refractivity contribution is 5.77. The normalized spacial score (nSPS) is 10.9. The molecule has 0 atom stereocenters. The smallest absolute Gasteiger partial charge is 0.261 e. The van der Waals surface area contributed by atoms with Gasteiger partial charge in [-0.2, -0.15) is 10.2 Å². The number of pyridine rings is 2. The van der Waals surface area contributed by atoms with Crippen molar-refractivity contribution in [1.82, 2.24) is 29.1 Å². The van der Waals surface area contributed by atoms with Gasteiger partial charge in [-0.05, 0) is 43.7 Å². The molecule has 0 aliphatic heterocycles. The fraction of sp³-hybridized carbons (Fsp3) is 0.250. The van der Waals surface area contributed by atoms with Gasteiger partial charge in [0.15, 0.2) is 0 Å². The van der Waals surface area contributed by atoms with E-state index in [1.165, 1.54) is 0 Å². The molecule has 4 aromatic heterocycles. The zero-order chi connectivity index (χ0) is 23.4. The van der Waals surface area contributed by atoms with E-state index in [4.69, 9.17) is 4.74 Å². The largest absolute Gasteiger partial charge is 0.497 e. The monoisotopic (exact) mass is 446 g/mol. The van der Waals surface area contributed by atoms with Gasteiger partial charge < -0.3 is 13.9 Å². The molecule has 0 fully saturated rings. The summed E-state index contributed by atoms with van der Waals surface area (Å²) in [6, 6.07) is 11.6. The lowest BCUT2D eigenvalue weighted by Crippen LogP contribution is -2.17. The van der Waals surface area contributed by atoms with Gasteiger partial charge in [0.05, 0.1) is 41.7 Å². The second-order valence-corrected chi connectivity index (χ2v) is 7.48. The molecule has 1 N–H and O–H groups in total. The van der Waals surface area contributed by atoms with Gasteiger partial charge >= 0.3 is 0 Å². The molecule has 0 saturated carbocycles. The Morgan fingerprint density at radius 1 is 0.909 bits per heavy atom. The lowest BCUT2D eigenvalue weighted by molar-refractivity contribution is 0.414. The maximum atomic E-state index is 12.2. The third-order valence-electron chi connectivity index (χ3n) is 5.46. The van der Waals surface area contributed by atoms with Crippen molar-refractivity contribution in [1.29, 1.82) is 0 Å². The van der Waals surface area contributed by atoms with Crippen LogP contribution in [0.5, 0.6) is 5.75 Å². The highest BCUT2D eigenvalue weighted by Gasteiger charge is 2.07. The molecule has 9 nitrogen and oxygen atoms in total. The van der Waals surface area contributed by atoms with Crippen LogP contribution in [-0.2, 0) is 19.6 Å². The molecular formula is C24H26N6O3. The van der Waals surface area contributed by atoms with E-state index in [-0.39, 0.29) is 11.1 Å². The van der Waals surface area contributed by atoms with Gasteiger partial charge in [0, 0.05) is 31.7 Å². The van der Waals surface area contributed by atoms with Crippen molar-refractivity contribution in [2.45, 2.75) is 33.5 Å². The van der Waals surface area contributed by atoms with Crippen molar-refractivity contribution in [2.24, 2.45) is 0 Å². The van der Waals surface area contributed by atoms with Gasteiger partial charge in [-0.1, -0.05) is 12.1 Å². The summed E-state index contributed by atoms with van der Waals surface area (Å²) in [5.74, 6) is 0.829. The number of hydrogen-bond donors (Lipinski definition) is 1. The summed E-state index contributed by atoms with van der Waals surface area (Å²) >= 11 is 0. The van der Waals surface area contributed by atoms with E-state index in [0.717, 1.165) is 22.3 Å². The van der Waals surface area contributed by atoms with Crippen LogP contribution < -0.4 is 15.9 Å². The Kier molecular flexibility index (Phi) is 6.39. The molecule has 170 valence electrons. The third-order valence-corrected chi connectivity index (χ3v) is 5.46. The number of hydrogen-bond acceptors (Lipinski definition) is 5. The topological polar surface area (TPSA) is 99.7 Å². The van der Waals surface area contributed by atoms with Gasteiger partial charge in [-0.25, -0.2) is 0 Å². The predicted molar refractivity (Wildman–Crippen MR) is 128 cm³/mol. The fourth-order valence-electron chi connectivity index (χ4n) is 3.58. The van der Waals surface area contributed by atoms with Crippen molar-refractivity contribution in [3.05, 3.63) is 87.5 Å². The minimum atomic E-state index is 0.0102. The van der Waals surface area contributed by atoms with Gasteiger partial charge in [-0.3, -0.25) is 19.4 Å². The zero-order valence-electron chi connectivity index (χ0n) is 18.9. The van der Waals surface area contributed by atoms with Crippen LogP contribution in [-0.4, -0.2) is 36.2 Å². The highest BCUT2D eigenvalue weighted by atomic mass is 16.5. The fourth-order valence-corrected chi connectivity index (χ4v) is 3.58. The van der Waals surface area contributed by atoms with Crippen LogP contribution in [0.15, 0.2) is 70.8 Å². The Bertz CT molecular complexity index is 1490. The van der Waals surface area contributed by atoms with E-state index in [1.807, 2.05) is 56.4 Å². The molecule has 0 spiro atoms. The van der Waals surface area contributed by atoms with Crippen LogP contribution in [0.2, 0.25) is 0 Å². The summed E-state index contributed by atoms with van der Waals surface area (Å²) in [6.07, 6.45) is 6.93. The highest BCUT2D eigenvalue weighted by Crippen LogP contribution is 2.13. The molecule has 0 aliphatic carbocycles. The number of aromatic nitrogens is 6. The average molecular weight is 447 g/mol. The SMILES string of the molecule is CCn1ccc2[nH]ncc2c1=O.CCn1ccc2nn(Cc3ccc(OC)cc3)cc2c1=O. The Morgan fingerprint density at radius 2 is 1.58 bits per heavy atom. The van der Waals surface area contributed by atoms with Gasteiger partial charge in [0.25, 0.3) is 11.1 Å². The maximum Gasteiger partial charge on any atom is 0.261 e. The minimum absolute atomic E-state index is 0.0102. The van der Waals surface area contributed by atoms with E-state index >= 15 is 0 Å². The lowest BCUT2D eigenvalue weighted by Gasteiger charge is -2.03. The summed E-state index contributed by atoms with van der Waals surface area (Å²) in [6.45, 7) is 5.88. The van der Waals surface area contributed by atoms with Gasteiger partial charge in [0.1, 0.15) is 5.75 Å². The predicted octanol–water partition coefficient (Wildman–Crippen LogP) is 3.02. The number of rotatable bonds is 5. The summed E-state index contributed by atoms with van der Waals surface area (Å²) in [4.78, 5) is 23.7. The Labute approximate surface area is 189 Å². The molecule has 0 aliphatic rings. The van der Waals surface area contributed by atoms with Crippen molar-refractivity contribution in [3.8, 4) is 5.75 Å². The van der Waals surface area contributed by atoms with Gasteiger partial charge in [-0.15, -0.1) is 0 Å². The van der Waals surface area contributed by atoms with Crippen LogP contribution in [0.1, 0.15) is 19.4 Å². The van der Waals surface area contributed by atoms with E-state index in [9.17, 15) is 9.59 Å². The number of benzene rings is 1. The number of methoxy groups -OCH3 is 1. The van der Waals surface area contributed by atoms with Crippen LogP contribution in [0.3, 0.4) is 0 Å².